The number of halogens is 3. The zero-order valence-electron chi connectivity index (χ0n) is 24.6. The zero-order chi connectivity index (χ0) is 32.0. The van der Waals surface area contributed by atoms with Crippen LogP contribution in [0.25, 0.3) is 0 Å². The van der Waals surface area contributed by atoms with Gasteiger partial charge in [0.2, 0.25) is 11.8 Å². The fraction of sp³-hybridized carbons (Fsp3) is 0.355. The summed E-state index contributed by atoms with van der Waals surface area (Å²) in [4.78, 5) is 28.7. The van der Waals surface area contributed by atoms with Crippen molar-refractivity contribution in [2.75, 3.05) is 30.6 Å². The first-order valence-corrected chi connectivity index (χ1v) is 16.3. The lowest BCUT2D eigenvalue weighted by Gasteiger charge is -2.33. The van der Waals surface area contributed by atoms with Gasteiger partial charge in [-0.1, -0.05) is 50.0 Å². The lowest BCUT2D eigenvalue weighted by Crippen LogP contribution is -2.52. The van der Waals surface area contributed by atoms with Gasteiger partial charge in [-0.05, 0) is 60.9 Å². The Hall–Kier alpha value is -3.54. The van der Waals surface area contributed by atoms with Crippen LogP contribution in [0.2, 0.25) is 10.0 Å². The molecule has 0 radical (unpaired) electrons. The third-order valence-corrected chi connectivity index (χ3v) is 9.43. The van der Waals surface area contributed by atoms with Crippen LogP contribution >= 0.6 is 23.2 Å². The lowest BCUT2D eigenvalue weighted by molar-refractivity contribution is -0.140. The second kappa shape index (κ2) is 14.5. The lowest BCUT2D eigenvalue weighted by atomic mass is 10.1. The molecule has 3 aromatic carbocycles. The Bertz CT molecular complexity index is 1580. The maximum atomic E-state index is 14.2. The van der Waals surface area contributed by atoms with E-state index in [1.54, 1.807) is 25.1 Å². The highest BCUT2D eigenvalue weighted by Gasteiger charge is 2.35. The molecule has 0 aromatic heterocycles. The molecule has 2 amide bonds. The van der Waals surface area contributed by atoms with Crippen molar-refractivity contribution in [2.24, 2.45) is 5.92 Å². The molecule has 13 heteroatoms. The molecule has 0 fully saturated rings. The molecule has 44 heavy (non-hydrogen) atoms. The highest BCUT2D eigenvalue weighted by atomic mass is 35.5. The van der Waals surface area contributed by atoms with E-state index in [4.69, 9.17) is 32.7 Å². The molecule has 1 atom stereocenters. The predicted octanol–water partition coefficient (Wildman–Crippen LogP) is 5.68. The Morgan fingerprint density at radius 2 is 1.61 bits per heavy atom. The minimum Gasteiger partial charge on any atom is -0.486 e. The van der Waals surface area contributed by atoms with Gasteiger partial charge in [0, 0.05) is 34.8 Å². The average Bonchev–Trinajstić information content (AvgIpc) is 3.00. The van der Waals surface area contributed by atoms with Gasteiger partial charge in [0.25, 0.3) is 10.0 Å². The van der Waals surface area contributed by atoms with Crippen molar-refractivity contribution < 1.29 is 31.9 Å². The van der Waals surface area contributed by atoms with E-state index in [1.807, 2.05) is 13.8 Å². The van der Waals surface area contributed by atoms with Crippen LogP contribution in [0, 0.1) is 11.7 Å². The molecule has 3 aromatic rings. The standard InChI is InChI=1S/C31H34Cl2FN3O6S/c1-4-27(31(39)35-17-20(2)3)36(18-24-25(32)6-5-7-26(24)33)30(38)19-37(22-10-8-21(34)9-11-22)44(40,41)23-12-13-28-29(16-23)43-15-14-42-28/h5-13,16,20,27H,4,14-15,17-19H2,1-3H3,(H,35,39). The largest absolute Gasteiger partial charge is 0.486 e. The molecule has 1 aliphatic rings. The van der Waals surface area contributed by atoms with Crippen LogP contribution in [0.5, 0.6) is 11.5 Å². The summed E-state index contributed by atoms with van der Waals surface area (Å²) < 4.78 is 54.1. The fourth-order valence-corrected chi connectivity index (χ4v) is 6.59. The number of sulfonamides is 1. The molecule has 9 nitrogen and oxygen atoms in total. The fourth-order valence-electron chi connectivity index (χ4n) is 4.64. The average molecular weight is 667 g/mol. The van der Waals surface area contributed by atoms with E-state index < -0.39 is 40.2 Å². The summed E-state index contributed by atoms with van der Waals surface area (Å²) in [6, 6.07) is 12.8. The van der Waals surface area contributed by atoms with Crippen LogP contribution in [0.3, 0.4) is 0 Å². The van der Waals surface area contributed by atoms with Gasteiger partial charge in [-0.2, -0.15) is 0 Å². The number of fused-ring (bicyclic) bond motifs is 1. The van der Waals surface area contributed by atoms with E-state index in [2.05, 4.69) is 5.32 Å². The molecule has 0 saturated carbocycles. The summed E-state index contributed by atoms with van der Waals surface area (Å²) in [7, 11) is -4.42. The molecule has 4 rings (SSSR count). The van der Waals surface area contributed by atoms with Gasteiger partial charge in [-0.15, -0.1) is 0 Å². The van der Waals surface area contributed by atoms with Gasteiger partial charge < -0.3 is 19.7 Å². The monoisotopic (exact) mass is 665 g/mol. The number of nitrogens with one attached hydrogen (secondary N) is 1. The van der Waals surface area contributed by atoms with Crippen LogP contribution < -0.4 is 19.1 Å². The zero-order valence-corrected chi connectivity index (χ0v) is 26.9. The molecule has 236 valence electrons. The highest BCUT2D eigenvalue weighted by Crippen LogP contribution is 2.35. The summed E-state index contributed by atoms with van der Waals surface area (Å²) >= 11 is 12.9. The highest BCUT2D eigenvalue weighted by molar-refractivity contribution is 7.92. The first kappa shape index (κ1) is 33.4. The minimum absolute atomic E-state index is 0.0441. The smallest absolute Gasteiger partial charge is 0.264 e. The normalized spacial score (nSPS) is 13.3. The van der Waals surface area contributed by atoms with Crippen molar-refractivity contribution in [3.63, 3.8) is 0 Å². The van der Waals surface area contributed by atoms with Crippen molar-refractivity contribution >= 4 is 50.7 Å². The molecule has 0 aliphatic carbocycles. The second-order valence-electron chi connectivity index (χ2n) is 10.6. The number of amides is 2. The van der Waals surface area contributed by atoms with Crippen LogP contribution in [0.15, 0.2) is 65.6 Å². The van der Waals surface area contributed by atoms with E-state index in [-0.39, 0.29) is 51.9 Å². The Morgan fingerprint density at radius 3 is 2.23 bits per heavy atom. The van der Waals surface area contributed by atoms with Gasteiger partial charge >= 0.3 is 0 Å². The molecule has 1 aliphatic heterocycles. The van der Waals surface area contributed by atoms with Gasteiger partial charge in [-0.25, -0.2) is 12.8 Å². The Kier molecular flexibility index (Phi) is 11.0. The maximum absolute atomic E-state index is 14.2. The maximum Gasteiger partial charge on any atom is 0.264 e. The molecule has 1 N–H and O–H groups in total. The quantitative estimate of drug-likeness (QED) is 0.267. The van der Waals surface area contributed by atoms with Crippen molar-refractivity contribution in [3.05, 3.63) is 82.1 Å². The summed E-state index contributed by atoms with van der Waals surface area (Å²) in [5, 5.41) is 3.43. The van der Waals surface area contributed by atoms with Crippen LogP contribution in [0.1, 0.15) is 32.8 Å². The van der Waals surface area contributed by atoms with E-state index in [0.717, 1.165) is 16.4 Å². The molecular weight excluding hydrogens is 632 g/mol. The Balaban J connectivity index is 1.76. The molecule has 0 bridgehead atoms. The third kappa shape index (κ3) is 7.75. The molecule has 0 saturated heterocycles. The number of anilines is 1. The van der Waals surface area contributed by atoms with Crippen LogP contribution in [0.4, 0.5) is 10.1 Å². The SMILES string of the molecule is CCC(C(=O)NCC(C)C)N(Cc1c(Cl)cccc1Cl)C(=O)CN(c1ccc(F)cc1)S(=O)(=O)c1ccc2c(c1)OCCO2. The Morgan fingerprint density at radius 1 is 0.977 bits per heavy atom. The number of rotatable bonds is 12. The summed E-state index contributed by atoms with van der Waals surface area (Å²) in [6.07, 6.45) is 0.225. The topological polar surface area (TPSA) is 105 Å². The van der Waals surface area contributed by atoms with Crippen molar-refractivity contribution in [2.45, 2.75) is 44.7 Å². The summed E-state index contributed by atoms with van der Waals surface area (Å²) in [5.74, 6) is -0.895. The summed E-state index contributed by atoms with van der Waals surface area (Å²) in [5.41, 5.74) is 0.449. The summed E-state index contributed by atoms with van der Waals surface area (Å²) in [6.45, 7) is 5.71. The van der Waals surface area contributed by atoms with E-state index >= 15 is 0 Å². The van der Waals surface area contributed by atoms with Crippen molar-refractivity contribution in [1.82, 2.24) is 10.2 Å². The van der Waals surface area contributed by atoms with Gasteiger partial charge in [0.1, 0.15) is 31.6 Å². The van der Waals surface area contributed by atoms with Gasteiger partial charge in [0.05, 0.1) is 10.6 Å². The molecule has 1 heterocycles. The van der Waals surface area contributed by atoms with Gasteiger partial charge in [-0.3, -0.25) is 13.9 Å². The van der Waals surface area contributed by atoms with E-state index in [1.165, 1.54) is 35.2 Å². The Labute approximate surface area is 266 Å². The molecule has 1 unspecified atom stereocenters. The number of hydrogen-bond donors (Lipinski definition) is 1. The predicted molar refractivity (Wildman–Crippen MR) is 167 cm³/mol. The first-order valence-electron chi connectivity index (χ1n) is 14.1. The first-order chi connectivity index (χ1) is 20.9. The number of carbonyl (C=O) groups is 2. The number of hydrogen-bond acceptors (Lipinski definition) is 6. The van der Waals surface area contributed by atoms with E-state index in [9.17, 15) is 22.4 Å². The number of ether oxygens (including phenoxy) is 2. The minimum atomic E-state index is -4.42. The van der Waals surface area contributed by atoms with E-state index in [0.29, 0.717) is 24.5 Å². The number of benzene rings is 3. The number of nitrogens with zero attached hydrogens (tertiary/aromatic N) is 2. The van der Waals surface area contributed by atoms with Crippen molar-refractivity contribution in [3.8, 4) is 11.5 Å². The number of carbonyl (C=O) groups excluding carboxylic acids is 2. The third-order valence-electron chi connectivity index (χ3n) is 6.96. The second-order valence-corrected chi connectivity index (χ2v) is 13.3. The van der Waals surface area contributed by atoms with Crippen LogP contribution in [-0.2, 0) is 26.2 Å². The van der Waals surface area contributed by atoms with Gasteiger partial charge in [0.15, 0.2) is 11.5 Å². The molecular formula is C31H34Cl2FN3O6S. The molecule has 0 spiro atoms. The van der Waals surface area contributed by atoms with Crippen LogP contribution in [-0.4, -0.2) is 57.5 Å². The van der Waals surface area contributed by atoms with Crippen molar-refractivity contribution in [1.29, 1.82) is 0 Å².